The molecule has 0 bridgehead atoms. The molecule has 2 aromatic rings. The molecule has 0 radical (unpaired) electrons. The Kier molecular flexibility index (Phi) is 4.79. The zero-order chi connectivity index (χ0) is 20.6. The molecule has 2 heterocycles. The Hall–Kier alpha value is -3.26. The van der Waals surface area contributed by atoms with Crippen molar-refractivity contribution in [2.75, 3.05) is 19.9 Å². The summed E-state index contributed by atoms with van der Waals surface area (Å²) in [7, 11) is 0. The Labute approximate surface area is 168 Å². The second-order valence-electron chi connectivity index (χ2n) is 7.32. The van der Waals surface area contributed by atoms with E-state index in [0.29, 0.717) is 22.8 Å². The van der Waals surface area contributed by atoms with Crippen LogP contribution >= 0.6 is 0 Å². The molecule has 0 saturated carbocycles. The molecule has 0 spiro atoms. The van der Waals surface area contributed by atoms with Gasteiger partial charge in [-0.15, -0.1) is 0 Å². The molecule has 4 rings (SSSR count). The number of nitrogens with zero attached hydrogens (tertiary/aromatic N) is 1. The number of carbonyl (C=O) groups excluding carboxylic acids is 2. The average Bonchev–Trinajstić information content (AvgIpc) is 3.26. The van der Waals surface area contributed by atoms with E-state index in [1.54, 1.807) is 37.3 Å². The van der Waals surface area contributed by atoms with Gasteiger partial charge in [0.2, 0.25) is 6.79 Å². The summed E-state index contributed by atoms with van der Waals surface area (Å²) >= 11 is 0. The first kappa shape index (κ1) is 19.1. The standard InChI is InChI=1S/C21H22N2O6/c1-13-3-6-16(7-4-13)27-11-15(24)10-23-19(25)21(2,22-20(23)26)14-5-8-17-18(9-14)29-12-28-17/h3-9,15,24H,10-12H2,1-2H3,(H,22,26)/t15-,21+/m0/s1. The van der Waals surface area contributed by atoms with Gasteiger partial charge in [0, 0.05) is 0 Å². The largest absolute Gasteiger partial charge is 0.491 e. The van der Waals surface area contributed by atoms with Crippen molar-refractivity contribution >= 4 is 11.9 Å². The first-order valence-electron chi connectivity index (χ1n) is 9.28. The van der Waals surface area contributed by atoms with Gasteiger partial charge >= 0.3 is 6.03 Å². The minimum Gasteiger partial charge on any atom is -0.491 e. The van der Waals surface area contributed by atoms with Crippen LogP contribution in [0.3, 0.4) is 0 Å². The SMILES string of the molecule is Cc1ccc(OC[C@@H](O)CN2C(=O)N[C@](C)(c3ccc4c(c3)OCO4)C2=O)cc1. The number of amides is 3. The van der Waals surface area contributed by atoms with Gasteiger partial charge in [0.15, 0.2) is 11.5 Å². The third-order valence-electron chi connectivity index (χ3n) is 5.08. The van der Waals surface area contributed by atoms with Crippen molar-refractivity contribution in [3.63, 3.8) is 0 Å². The van der Waals surface area contributed by atoms with Crippen molar-refractivity contribution in [1.82, 2.24) is 10.2 Å². The molecule has 152 valence electrons. The zero-order valence-electron chi connectivity index (χ0n) is 16.2. The fraction of sp³-hybridized carbons (Fsp3) is 0.333. The maximum absolute atomic E-state index is 13.0. The second kappa shape index (κ2) is 7.29. The first-order valence-corrected chi connectivity index (χ1v) is 9.28. The van der Waals surface area contributed by atoms with E-state index in [0.717, 1.165) is 10.5 Å². The molecule has 2 aliphatic rings. The van der Waals surface area contributed by atoms with E-state index in [-0.39, 0.29) is 19.9 Å². The Morgan fingerprint density at radius 2 is 1.90 bits per heavy atom. The number of aliphatic hydroxyl groups excluding tert-OH is 1. The van der Waals surface area contributed by atoms with Crippen LogP contribution in [0.2, 0.25) is 0 Å². The molecular weight excluding hydrogens is 376 g/mol. The predicted octanol–water partition coefficient (Wildman–Crippen LogP) is 1.93. The number of hydrogen-bond donors (Lipinski definition) is 2. The Bertz CT molecular complexity index is 945. The molecule has 1 saturated heterocycles. The van der Waals surface area contributed by atoms with E-state index in [4.69, 9.17) is 14.2 Å². The van der Waals surface area contributed by atoms with Crippen LogP contribution in [-0.2, 0) is 10.3 Å². The Morgan fingerprint density at radius 1 is 1.17 bits per heavy atom. The van der Waals surface area contributed by atoms with Crippen molar-refractivity contribution in [1.29, 1.82) is 0 Å². The fourth-order valence-electron chi connectivity index (χ4n) is 3.36. The number of carbonyl (C=O) groups is 2. The highest BCUT2D eigenvalue weighted by atomic mass is 16.7. The predicted molar refractivity (Wildman–Crippen MR) is 103 cm³/mol. The number of ether oxygens (including phenoxy) is 3. The highest BCUT2D eigenvalue weighted by Crippen LogP contribution is 2.37. The van der Waals surface area contributed by atoms with Crippen LogP contribution in [0.1, 0.15) is 18.1 Å². The van der Waals surface area contributed by atoms with Crippen LogP contribution in [0.4, 0.5) is 4.79 Å². The first-order chi connectivity index (χ1) is 13.9. The van der Waals surface area contributed by atoms with Gasteiger partial charge in [0.05, 0.1) is 6.54 Å². The summed E-state index contributed by atoms with van der Waals surface area (Å²) in [6.45, 7) is 3.50. The van der Waals surface area contributed by atoms with E-state index in [2.05, 4.69) is 5.32 Å². The molecule has 2 N–H and O–H groups in total. The second-order valence-corrected chi connectivity index (χ2v) is 7.32. The third-order valence-corrected chi connectivity index (χ3v) is 5.08. The molecule has 3 amide bonds. The van der Waals surface area contributed by atoms with Gasteiger partial charge in [-0.25, -0.2) is 4.79 Å². The molecule has 2 atom stereocenters. The lowest BCUT2D eigenvalue weighted by atomic mass is 9.91. The Morgan fingerprint density at radius 3 is 2.66 bits per heavy atom. The minimum atomic E-state index is -1.25. The summed E-state index contributed by atoms with van der Waals surface area (Å²) in [6, 6.07) is 11.9. The lowest BCUT2D eigenvalue weighted by Crippen LogP contribution is -2.42. The topological polar surface area (TPSA) is 97.3 Å². The number of imide groups is 1. The fourth-order valence-corrected chi connectivity index (χ4v) is 3.36. The summed E-state index contributed by atoms with van der Waals surface area (Å²) in [5, 5.41) is 13.0. The summed E-state index contributed by atoms with van der Waals surface area (Å²) < 4.78 is 16.2. The molecule has 29 heavy (non-hydrogen) atoms. The number of β-amino-alcohol motifs (C(OH)–C–C–N with tert-alkyl or cyclic N) is 1. The summed E-state index contributed by atoms with van der Waals surface area (Å²) in [5.74, 6) is 1.28. The van der Waals surface area contributed by atoms with Crippen LogP contribution in [0.25, 0.3) is 0 Å². The maximum Gasteiger partial charge on any atom is 0.325 e. The van der Waals surface area contributed by atoms with Gasteiger partial charge in [0.25, 0.3) is 5.91 Å². The molecule has 1 fully saturated rings. The van der Waals surface area contributed by atoms with Gasteiger partial charge in [-0.05, 0) is 43.7 Å². The van der Waals surface area contributed by atoms with Gasteiger partial charge in [-0.1, -0.05) is 23.8 Å². The van der Waals surface area contributed by atoms with Gasteiger partial charge < -0.3 is 24.6 Å². The van der Waals surface area contributed by atoms with E-state index < -0.39 is 23.6 Å². The van der Waals surface area contributed by atoms with Crippen molar-refractivity contribution in [3.8, 4) is 17.2 Å². The molecule has 0 unspecified atom stereocenters. The van der Waals surface area contributed by atoms with E-state index in [1.807, 2.05) is 19.1 Å². The molecule has 0 aliphatic carbocycles. The number of fused-ring (bicyclic) bond motifs is 1. The smallest absolute Gasteiger partial charge is 0.325 e. The van der Waals surface area contributed by atoms with Gasteiger partial charge in [0.1, 0.15) is 24.0 Å². The molecule has 8 heteroatoms. The highest BCUT2D eigenvalue weighted by Gasteiger charge is 2.49. The number of urea groups is 1. The summed E-state index contributed by atoms with van der Waals surface area (Å²) in [6.07, 6.45) is -1.02. The average molecular weight is 398 g/mol. The van der Waals surface area contributed by atoms with Gasteiger partial charge in [-0.3, -0.25) is 9.69 Å². The molecular formula is C21H22N2O6. The number of aryl methyl sites for hydroxylation is 1. The van der Waals surface area contributed by atoms with Crippen LogP contribution in [-0.4, -0.2) is 48.0 Å². The van der Waals surface area contributed by atoms with Crippen molar-refractivity contribution < 1.29 is 28.9 Å². The van der Waals surface area contributed by atoms with Gasteiger partial charge in [-0.2, -0.15) is 0 Å². The summed E-state index contributed by atoms with van der Waals surface area (Å²) in [5.41, 5.74) is 0.420. The third kappa shape index (κ3) is 3.58. The lowest BCUT2D eigenvalue weighted by Gasteiger charge is -2.23. The van der Waals surface area contributed by atoms with Crippen LogP contribution < -0.4 is 19.5 Å². The monoisotopic (exact) mass is 398 g/mol. The van der Waals surface area contributed by atoms with Crippen LogP contribution in [0, 0.1) is 6.92 Å². The summed E-state index contributed by atoms with van der Waals surface area (Å²) in [4.78, 5) is 26.5. The number of benzene rings is 2. The molecule has 8 nitrogen and oxygen atoms in total. The number of rotatable bonds is 6. The zero-order valence-corrected chi connectivity index (χ0v) is 16.2. The number of nitrogens with one attached hydrogen (secondary N) is 1. The van der Waals surface area contributed by atoms with Crippen LogP contribution in [0.5, 0.6) is 17.2 Å². The van der Waals surface area contributed by atoms with E-state index in [1.165, 1.54) is 0 Å². The quantitative estimate of drug-likeness (QED) is 0.722. The maximum atomic E-state index is 13.0. The minimum absolute atomic E-state index is 0.0408. The normalized spacial score (nSPS) is 21.3. The van der Waals surface area contributed by atoms with Crippen LogP contribution in [0.15, 0.2) is 42.5 Å². The van der Waals surface area contributed by atoms with Crippen molar-refractivity contribution in [2.45, 2.75) is 25.5 Å². The van der Waals surface area contributed by atoms with Crippen molar-refractivity contribution in [2.24, 2.45) is 0 Å². The van der Waals surface area contributed by atoms with Crippen molar-refractivity contribution in [3.05, 3.63) is 53.6 Å². The highest BCUT2D eigenvalue weighted by molar-refractivity contribution is 6.07. The number of aliphatic hydroxyl groups is 1. The van der Waals surface area contributed by atoms with E-state index >= 15 is 0 Å². The lowest BCUT2D eigenvalue weighted by molar-refractivity contribution is -0.132. The molecule has 2 aliphatic heterocycles. The molecule has 0 aromatic heterocycles. The molecule has 2 aromatic carbocycles. The van der Waals surface area contributed by atoms with E-state index in [9.17, 15) is 14.7 Å². The number of hydrogen-bond acceptors (Lipinski definition) is 6. The Balaban J connectivity index is 1.43.